The maximum absolute atomic E-state index is 13.1. The number of anilines is 2. The molecule has 0 saturated heterocycles. The first-order valence-corrected chi connectivity index (χ1v) is 7.60. The third-order valence-electron chi connectivity index (χ3n) is 2.90. The van der Waals surface area contributed by atoms with Crippen LogP contribution in [0.4, 0.5) is 15.8 Å². The maximum Gasteiger partial charge on any atom is 0.338 e. The van der Waals surface area contributed by atoms with Gasteiger partial charge in [0, 0.05) is 11.4 Å². The third-order valence-corrected chi connectivity index (χ3v) is 3.10. The zero-order chi connectivity index (χ0) is 16.7. The molecule has 0 aliphatic rings. The van der Waals surface area contributed by atoms with E-state index in [-0.39, 0.29) is 11.8 Å². The molecule has 0 atom stereocenters. The Bertz CT molecular complexity index is 689. The molecule has 4 nitrogen and oxygen atoms in total. The van der Waals surface area contributed by atoms with E-state index in [1.807, 2.05) is 6.92 Å². The lowest BCUT2D eigenvalue weighted by Crippen LogP contribution is -2.19. The van der Waals surface area contributed by atoms with Gasteiger partial charge < -0.3 is 15.4 Å². The summed E-state index contributed by atoms with van der Waals surface area (Å²) in [6.45, 7) is 2.34. The van der Waals surface area contributed by atoms with Crippen molar-refractivity contribution in [2.45, 2.75) is 13.3 Å². The summed E-state index contributed by atoms with van der Waals surface area (Å²) in [5.41, 5.74) is 1.75. The Hall–Kier alpha value is -2.47. The van der Waals surface area contributed by atoms with E-state index in [1.54, 1.807) is 36.4 Å². The molecule has 0 aromatic heterocycles. The molecule has 2 N–H and O–H groups in total. The molecule has 0 unspecified atom stereocenters. The van der Waals surface area contributed by atoms with Crippen LogP contribution in [0.15, 0.2) is 48.5 Å². The molecular weight excluding hydrogens is 315 g/mol. The van der Waals surface area contributed by atoms with Gasteiger partial charge in [-0.15, -0.1) is 0 Å². The Morgan fingerprint density at radius 3 is 2.48 bits per heavy atom. The molecule has 0 amide bonds. The van der Waals surface area contributed by atoms with Gasteiger partial charge in [0.2, 0.25) is 0 Å². The van der Waals surface area contributed by atoms with E-state index in [1.165, 1.54) is 12.1 Å². The topological polar surface area (TPSA) is 50.4 Å². The summed E-state index contributed by atoms with van der Waals surface area (Å²) in [6.07, 6.45) is 0.783. The van der Waals surface area contributed by atoms with Crippen LogP contribution in [0.1, 0.15) is 23.7 Å². The van der Waals surface area contributed by atoms with Crippen molar-refractivity contribution in [3.05, 3.63) is 59.9 Å². The van der Waals surface area contributed by atoms with Crippen molar-refractivity contribution >= 4 is 34.7 Å². The minimum absolute atomic E-state index is 0.330. The number of esters is 1. The molecule has 120 valence electrons. The Morgan fingerprint density at radius 2 is 1.83 bits per heavy atom. The zero-order valence-electron chi connectivity index (χ0n) is 12.6. The van der Waals surface area contributed by atoms with Gasteiger partial charge >= 0.3 is 5.97 Å². The molecule has 0 heterocycles. The third kappa shape index (κ3) is 5.34. The van der Waals surface area contributed by atoms with Crippen molar-refractivity contribution in [1.82, 2.24) is 0 Å². The van der Waals surface area contributed by atoms with E-state index >= 15 is 0 Å². The summed E-state index contributed by atoms with van der Waals surface area (Å²) in [5.74, 6) is -0.688. The first kappa shape index (κ1) is 16.9. The monoisotopic (exact) mass is 332 g/mol. The Labute approximate surface area is 139 Å². The lowest BCUT2D eigenvalue weighted by Gasteiger charge is -2.11. The number of hydrogen-bond donors (Lipinski definition) is 2. The Kier molecular flexibility index (Phi) is 6.05. The molecular formula is C17H17FN2O2S. The van der Waals surface area contributed by atoms with E-state index in [0.717, 1.165) is 6.42 Å². The number of carbonyl (C=O) groups is 1. The molecule has 0 radical (unpaired) electrons. The fourth-order valence-electron chi connectivity index (χ4n) is 1.83. The van der Waals surface area contributed by atoms with E-state index in [4.69, 9.17) is 17.0 Å². The lowest BCUT2D eigenvalue weighted by molar-refractivity contribution is 0.0505. The van der Waals surface area contributed by atoms with Gasteiger partial charge in [0.25, 0.3) is 0 Å². The second kappa shape index (κ2) is 8.24. The number of rotatable bonds is 5. The number of benzene rings is 2. The fourth-order valence-corrected chi connectivity index (χ4v) is 2.06. The molecule has 2 aromatic rings. The highest BCUT2D eigenvalue weighted by molar-refractivity contribution is 7.80. The van der Waals surface area contributed by atoms with Crippen LogP contribution in [0, 0.1) is 5.82 Å². The van der Waals surface area contributed by atoms with E-state index in [0.29, 0.717) is 28.7 Å². The fraction of sp³-hybridized carbons (Fsp3) is 0.176. The molecule has 0 aliphatic carbocycles. The molecule has 2 aromatic carbocycles. The van der Waals surface area contributed by atoms with Crippen molar-refractivity contribution < 1.29 is 13.9 Å². The predicted octanol–water partition coefficient (Wildman–Crippen LogP) is 4.20. The summed E-state index contributed by atoms with van der Waals surface area (Å²) in [4.78, 5) is 11.7. The zero-order valence-corrected chi connectivity index (χ0v) is 13.5. The highest BCUT2D eigenvalue weighted by Crippen LogP contribution is 2.13. The molecule has 0 bridgehead atoms. The van der Waals surface area contributed by atoms with Crippen LogP contribution in [0.2, 0.25) is 0 Å². The van der Waals surface area contributed by atoms with Crippen molar-refractivity contribution in [2.75, 3.05) is 17.2 Å². The number of nitrogens with one attached hydrogen (secondary N) is 2. The quantitative estimate of drug-likeness (QED) is 0.635. The number of carbonyl (C=O) groups excluding carboxylic acids is 1. The summed E-state index contributed by atoms with van der Waals surface area (Å²) < 4.78 is 18.2. The van der Waals surface area contributed by atoms with Crippen LogP contribution >= 0.6 is 12.2 Å². The Morgan fingerprint density at radius 1 is 1.13 bits per heavy atom. The second-order valence-corrected chi connectivity index (χ2v) is 5.21. The van der Waals surface area contributed by atoms with Crippen molar-refractivity contribution in [1.29, 1.82) is 0 Å². The summed E-state index contributed by atoms with van der Waals surface area (Å²) >= 11 is 5.17. The smallest absolute Gasteiger partial charge is 0.338 e. The minimum Gasteiger partial charge on any atom is -0.462 e. The minimum atomic E-state index is -0.348. The summed E-state index contributed by atoms with van der Waals surface area (Å²) in [6, 6.07) is 12.8. The van der Waals surface area contributed by atoms with Gasteiger partial charge in [0.15, 0.2) is 5.11 Å². The van der Waals surface area contributed by atoms with Gasteiger partial charge in [0.1, 0.15) is 5.82 Å². The van der Waals surface area contributed by atoms with Gasteiger partial charge in [0.05, 0.1) is 12.2 Å². The number of thiocarbonyl (C=S) groups is 1. The van der Waals surface area contributed by atoms with Crippen LogP contribution in [-0.2, 0) is 4.74 Å². The van der Waals surface area contributed by atoms with Crippen LogP contribution in [0.3, 0.4) is 0 Å². The molecule has 6 heteroatoms. The Balaban J connectivity index is 1.92. The van der Waals surface area contributed by atoms with E-state index < -0.39 is 0 Å². The SMILES string of the molecule is CCCOC(=O)c1ccc(NC(=S)Nc2cccc(F)c2)cc1. The highest BCUT2D eigenvalue weighted by Gasteiger charge is 2.06. The van der Waals surface area contributed by atoms with Gasteiger partial charge in [-0.25, -0.2) is 9.18 Å². The van der Waals surface area contributed by atoms with Crippen molar-refractivity contribution in [2.24, 2.45) is 0 Å². The molecule has 0 spiro atoms. The average molecular weight is 332 g/mol. The van der Waals surface area contributed by atoms with Crippen LogP contribution in [-0.4, -0.2) is 17.7 Å². The normalized spacial score (nSPS) is 10.0. The maximum atomic E-state index is 13.1. The van der Waals surface area contributed by atoms with Gasteiger partial charge in [-0.1, -0.05) is 13.0 Å². The molecule has 0 fully saturated rings. The van der Waals surface area contributed by atoms with Crippen LogP contribution in [0.5, 0.6) is 0 Å². The molecule has 23 heavy (non-hydrogen) atoms. The highest BCUT2D eigenvalue weighted by atomic mass is 32.1. The van der Waals surface area contributed by atoms with Crippen molar-refractivity contribution in [3.63, 3.8) is 0 Å². The van der Waals surface area contributed by atoms with Gasteiger partial charge in [-0.3, -0.25) is 0 Å². The van der Waals surface area contributed by atoms with Crippen LogP contribution in [0.25, 0.3) is 0 Å². The number of halogens is 1. The largest absolute Gasteiger partial charge is 0.462 e. The number of hydrogen-bond acceptors (Lipinski definition) is 3. The second-order valence-electron chi connectivity index (χ2n) is 4.80. The predicted molar refractivity (Wildman–Crippen MR) is 93.3 cm³/mol. The standard InChI is InChI=1S/C17H17FN2O2S/c1-2-10-22-16(21)12-6-8-14(9-7-12)19-17(23)20-15-5-3-4-13(18)11-15/h3-9,11H,2,10H2,1H3,(H2,19,20,23). The van der Waals surface area contributed by atoms with Gasteiger partial charge in [-0.05, 0) is 61.1 Å². The van der Waals surface area contributed by atoms with Gasteiger partial charge in [-0.2, -0.15) is 0 Å². The van der Waals surface area contributed by atoms with Crippen LogP contribution < -0.4 is 10.6 Å². The molecule has 2 rings (SSSR count). The number of ether oxygens (including phenoxy) is 1. The summed E-state index contributed by atoms with van der Waals surface area (Å²) in [5, 5.41) is 6.18. The van der Waals surface area contributed by atoms with E-state index in [2.05, 4.69) is 10.6 Å². The molecule has 0 aliphatic heterocycles. The first-order valence-electron chi connectivity index (χ1n) is 7.19. The lowest BCUT2D eigenvalue weighted by atomic mass is 10.2. The van der Waals surface area contributed by atoms with Crippen molar-refractivity contribution in [3.8, 4) is 0 Å². The molecule has 0 saturated carbocycles. The first-order chi connectivity index (χ1) is 11.1. The van der Waals surface area contributed by atoms with E-state index in [9.17, 15) is 9.18 Å². The average Bonchev–Trinajstić information content (AvgIpc) is 2.53. The summed E-state index contributed by atoms with van der Waals surface area (Å²) in [7, 11) is 0.